The van der Waals surface area contributed by atoms with Crippen molar-refractivity contribution in [1.82, 2.24) is 5.32 Å². The molecule has 1 saturated heterocycles. The lowest BCUT2D eigenvalue weighted by atomic mass is 9.54. The third kappa shape index (κ3) is 2.82. The van der Waals surface area contributed by atoms with Crippen LogP contribution in [0.2, 0.25) is 0 Å². The maximum atomic E-state index is 12.6. The Hall–Kier alpha value is -1.88. The van der Waals surface area contributed by atoms with Gasteiger partial charge in [-0.2, -0.15) is 0 Å². The van der Waals surface area contributed by atoms with E-state index in [1.54, 1.807) is 0 Å². The zero-order chi connectivity index (χ0) is 19.1. The monoisotopic (exact) mass is 359 g/mol. The molecule has 3 aliphatic rings. The van der Waals surface area contributed by atoms with Crippen LogP contribution in [0, 0.1) is 29.1 Å². The van der Waals surface area contributed by atoms with Crippen molar-refractivity contribution in [2.75, 3.05) is 6.61 Å². The standard InChI is InChI=1S/C21H29NO4/c1-4-5-14-8-7-13-10-12(2)6-9-15(13)21(14,3)19(25)17-18(24)16(11-23)22-20(17)26/h4-5,7-8,12-16,23,25H,6,9-11H2,1-3H3,(H,22,26)/b5-4+,19-17+/t12-,13-,14-,15-,16-,21-/m1/s1. The second kappa shape index (κ2) is 7.03. The van der Waals surface area contributed by atoms with E-state index in [1.807, 2.05) is 26.0 Å². The Balaban J connectivity index is 2.11. The molecule has 142 valence electrons. The van der Waals surface area contributed by atoms with Gasteiger partial charge < -0.3 is 15.5 Å². The van der Waals surface area contributed by atoms with Crippen LogP contribution in [-0.4, -0.2) is 34.6 Å². The first-order chi connectivity index (χ1) is 12.3. The van der Waals surface area contributed by atoms with Gasteiger partial charge in [-0.1, -0.05) is 44.6 Å². The summed E-state index contributed by atoms with van der Waals surface area (Å²) in [5.41, 5.74) is -0.882. The van der Waals surface area contributed by atoms with E-state index in [9.17, 15) is 19.8 Å². The molecule has 0 aromatic heterocycles. The Morgan fingerprint density at radius 2 is 2.08 bits per heavy atom. The molecule has 3 N–H and O–H groups in total. The van der Waals surface area contributed by atoms with E-state index in [2.05, 4.69) is 24.4 Å². The Bertz CT molecular complexity index is 692. The van der Waals surface area contributed by atoms with Crippen LogP contribution >= 0.6 is 0 Å². The van der Waals surface area contributed by atoms with Crippen molar-refractivity contribution in [1.29, 1.82) is 0 Å². The topological polar surface area (TPSA) is 86.6 Å². The first-order valence-electron chi connectivity index (χ1n) is 9.55. The van der Waals surface area contributed by atoms with Crippen LogP contribution in [0.25, 0.3) is 0 Å². The number of hydrogen-bond acceptors (Lipinski definition) is 4. The molecule has 2 aliphatic carbocycles. The molecule has 0 aromatic rings. The van der Waals surface area contributed by atoms with Gasteiger partial charge >= 0.3 is 0 Å². The second-order valence-corrected chi connectivity index (χ2v) is 8.20. The minimum atomic E-state index is -0.954. The summed E-state index contributed by atoms with van der Waals surface area (Å²) in [7, 11) is 0. The van der Waals surface area contributed by atoms with Crippen LogP contribution in [0.15, 0.2) is 35.6 Å². The molecule has 6 atom stereocenters. The Morgan fingerprint density at radius 1 is 1.35 bits per heavy atom. The maximum Gasteiger partial charge on any atom is 0.259 e. The van der Waals surface area contributed by atoms with E-state index in [0.717, 1.165) is 19.3 Å². The van der Waals surface area contributed by atoms with Crippen LogP contribution in [-0.2, 0) is 9.59 Å². The number of aliphatic hydroxyl groups is 2. The number of aliphatic hydroxyl groups excluding tert-OH is 2. The summed E-state index contributed by atoms with van der Waals surface area (Å²) in [6.07, 6.45) is 11.4. The fraction of sp³-hybridized carbons (Fsp3) is 0.619. The molecule has 0 spiro atoms. The zero-order valence-electron chi connectivity index (χ0n) is 15.7. The predicted molar refractivity (Wildman–Crippen MR) is 99.2 cm³/mol. The van der Waals surface area contributed by atoms with E-state index in [0.29, 0.717) is 11.8 Å². The molecular weight excluding hydrogens is 330 g/mol. The highest BCUT2D eigenvalue weighted by molar-refractivity contribution is 6.27. The number of carbonyl (C=O) groups excluding carboxylic acids is 2. The van der Waals surface area contributed by atoms with Crippen molar-refractivity contribution < 1.29 is 19.8 Å². The molecule has 26 heavy (non-hydrogen) atoms. The predicted octanol–water partition coefficient (Wildman–Crippen LogP) is 2.68. The number of fused-ring (bicyclic) bond motifs is 1. The summed E-state index contributed by atoms with van der Waals surface area (Å²) in [6.45, 7) is 5.70. The first kappa shape index (κ1) is 18.9. The molecule has 0 radical (unpaired) electrons. The van der Waals surface area contributed by atoms with Gasteiger partial charge in [0, 0.05) is 11.3 Å². The molecule has 1 heterocycles. The minimum absolute atomic E-state index is 0.0802. The summed E-state index contributed by atoms with van der Waals surface area (Å²) in [5, 5.41) is 23.0. The highest BCUT2D eigenvalue weighted by atomic mass is 16.3. The zero-order valence-corrected chi connectivity index (χ0v) is 15.7. The van der Waals surface area contributed by atoms with Gasteiger partial charge in [-0.15, -0.1) is 0 Å². The molecule has 5 heteroatoms. The van der Waals surface area contributed by atoms with Crippen molar-refractivity contribution in [3.05, 3.63) is 35.6 Å². The summed E-state index contributed by atoms with van der Waals surface area (Å²) in [5.74, 6) is -0.148. The lowest BCUT2D eigenvalue weighted by molar-refractivity contribution is -0.118. The number of allylic oxidation sites excluding steroid dienone is 5. The number of rotatable bonds is 3. The molecule has 2 fully saturated rings. The minimum Gasteiger partial charge on any atom is -0.511 e. The summed E-state index contributed by atoms with van der Waals surface area (Å²) < 4.78 is 0. The molecule has 3 rings (SSSR count). The molecule has 0 bridgehead atoms. The molecule has 1 amide bonds. The number of hydrogen-bond donors (Lipinski definition) is 3. The average Bonchev–Trinajstić information content (AvgIpc) is 2.90. The molecule has 1 saturated carbocycles. The van der Waals surface area contributed by atoms with E-state index in [4.69, 9.17) is 0 Å². The van der Waals surface area contributed by atoms with Crippen LogP contribution in [0.5, 0.6) is 0 Å². The van der Waals surface area contributed by atoms with Crippen molar-refractivity contribution in [3.8, 4) is 0 Å². The van der Waals surface area contributed by atoms with Crippen LogP contribution in [0.4, 0.5) is 0 Å². The first-order valence-corrected chi connectivity index (χ1v) is 9.55. The van der Waals surface area contributed by atoms with Crippen molar-refractivity contribution in [3.63, 3.8) is 0 Å². The smallest absolute Gasteiger partial charge is 0.259 e. The maximum absolute atomic E-state index is 12.6. The van der Waals surface area contributed by atoms with E-state index in [-0.39, 0.29) is 23.2 Å². The Labute approximate surface area is 154 Å². The fourth-order valence-electron chi connectivity index (χ4n) is 5.10. The number of amides is 1. The van der Waals surface area contributed by atoms with Gasteiger partial charge in [-0.05, 0) is 37.5 Å². The number of ketones is 1. The molecule has 0 unspecified atom stereocenters. The van der Waals surface area contributed by atoms with Gasteiger partial charge in [0.1, 0.15) is 17.4 Å². The van der Waals surface area contributed by atoms with E-state index >= 15 is 0 Å². The molecule has 5 nitrogen and oxygen atoms in total. The SMILES string of the molecule is C/C=C/[C@@H]1C=C[C@@H]2C[C@H](C)CC[C@H]2[C@]1(C)/C(O)=C1\C(=O)N[C@H](CO)C1=O. The highest BCUT2D eigenvalue weighted by Gasteiger charge is 2.52. The normalized spacial score (nSPS) is 42.1. The van der Waals surface area contributed by atoms with Crippen LogP contribution < -0.4 is 5.32 Å². The lowest BCUT2D eigenvalue weighted by Gasteiger charge is -2.50. The lowest BCUT2D eigenvalue weighted by Crippen LogP contribution is -2.45. The van der Waals surface area contributed by atoms with Crippen molar-refractivity contribution in [2.24, 2.45) is 29.1 Å². The van der Waals surface area contributed by atoms with E-state index in [1.165, 1.54) is 0 Å². The summed E-state index contributed by atoms with van der Waals surface area (Å²) in [6, 6.07) is -0.954. The third-order valence-corrected chi connectivity index (χ3v) is 6.61. The van der Waals surface area contributed by atoms with Crippen molar-refractivity contribution >= 4 is 11.7 Å². The quantitative estimate of drug-likeness (QED) is 0.313. The molecule has 1 aliphatic heterocycles. The number of Topliss-reactive ketones (excluding diaryl/α,β-unsaturated/α-hetero) is 1. The molecule has 0 aromatic carbocycles. The summed E-state index contributed by atoms with van der Waals surface area (Å²) in [4.78, 5) is 24.9. The Morgan fingerprint density at radius 3 is 2.69 bits per heavy atom. The van der Waals surface area contributed by atoms with E-state index < -0.39 is 29.8 Å². The van der Waals surface area contributed by atoms with Crippen LogP contribution in [0.3, 0.4) is 0 Å². The van der Waals surface area contributed by atoms with Gasteiger partial charge in [-0.3, -0.25) is 9.59 Å². The number of carbonyl (C=O) groups is 2. The van der Waals surface area contributed by atoms with Gasteiger partial charge in [0.25, 0.3) is 5.91 Å². The fourth-order valence-corrected chi connectivity index (χ4v) is 5.10. The highest BCUT2D eigenvalue weighted by Crippen LogP contribution is 2.55. The van der Waals surface area contributed by atoms with Gasteiger partial charge in [0.15, 0.2) is 5.78 Å². The summed E-state index contributed by atoms with van der Waals surface area (Å²) >= 11 is 0. The van der Waals surface area contributed by atoms with Crippen LogP contribution in [0.1, 0.15) is 40.0 Å². The Kier molecular flexibility index (Phi) is 5.11. The van der Waals surface area contributed by atoms with Crippen molar-refractivity contribution in [2.45, 2.75) is 46.1 Å². The average molecular weight is 359 g/mol. The van der Waals surface area contributed by atoms with Gasteiger partial charge in [0.05, 0.1) is 6.61 Å². The third-order valence-electron chi connectivity index (χ3n) is 6.61. The largest absolute Gasteiger partial charge is 0.511 e. The second-order valence-electron chi connectivity index (χ2n) is 8.20. The number of nitrogens with one attached hydrogen (secondary N) is 1. The van der Waals surface area contributed by atoms with Gasteiger partial charge in [-0.25, -0.2) is 0 Å². The van der Waals surface area contributed by atoms with Gasteiger partial charge in [0.2, 0.25) is 0 Å². The molecular formula is C21H29NO4.